The van der Waals surface area contributed by atoms with E-state index in [0.29, 0.717) is 17.1 Å². The number of ether oxygens (including phenoxy) is 1. The van der Waals surface area contributed by atoms with Gasteiger partial charge in [-0.15, -0.1) is 13.2 Å². The van der Waals surface area contributed by atoms with Crippen LogP contribution in [0.2, 0.25) is 5.02 Å². The molecule has 0 aliphatic carbocycles. The Hall–Kier alpha value is -1.40. The number of hydrogen-bond acceptors (Lipinski definition) is 2. The molecule has 0 aromatic heterocycles. The first kappa shape index (κ1) is 16.0. The fourth-order valence-electron chi connectivity index (χ4n) is 1.68. The third-order valence-corrected chi connectivity index (χ3v) is 3.47. The maximum absolute atomic E-state index is 12.2. The Morgan fingerprint density at radius 2 is 1.90 bits per heavy atom. The number of hydrogen-bond donors (Lipinski definition) is 1. The van der Waals surface area contributed by atoms with Crippen molar-refractivity contribution in [2.24, 2.45) is 0 Å². The summed E-state index contributed by atoms with van der Waals surface area (Å²) in [4.78, 5) is 0. The molecule has 0 aliphatic heterocycles. The first-order chi connectivity index (χ1) is 9.83. The fraction of sp³-hybridized carbons (Fsp3) is 0.143. The maximum Gasteiger partial charge on any atom is 0.573 e. The van der Waals surface area contributed by atoms with Gasteiger partial charge in [-0.3, -0.25) is 0 Å². The molecular formula is C14H10BrClF3NO. The lowest BCUT2D eigenvalue weighted by atomic mass is 10.2. The Kier molecular flexibility index (Phi) is 5.00. The zero-order valence-corrected chi connectivity index (χ0v) is 12.9. The van der Waals surface area contributed by atoms with Crippen LogP contribution < -0.4 is 10.1 Å². The number of benzene rings is 2. The second-order valence-electron chi connectivity index (χ2n) is 4.17. The predicted octanol–water partition coefficient (Wildman–Crippen LogP) is 5.61. The van der Waals surface area contributed by atoms with Crippen LogP contribution in [0.1, 0.15) is 5.56 Å². The minimum atomic E-state index is -4.69. The summed E-state index contributed by atoms with van der Waals surface area (Å²) >= 11 is 9.25. The van der Waals surface area contributed by atoms with Crippen LogP contribution in [0.25, 0.3) is 0 Å². The van der Waals surface area contributed by atoms with Crippen LogP contribution in [0, 0.1) is 0 Å². The Balaban J connectivity index is 2.06. The van der Waals surface area contributed by atoms with Crippen LogP contribution in [0.4, 0.5) is 18.9 Å². The summed E-state index contributed by atoms with van der Waals surface area (Å²) in [5.74, 6) is -0.244. The molecule has 0 atom stereocenters. The number of alkyl halides is 3. The van der Waals surface area contributed by atoms with E-state index in [9.17, 15) is 13.2 Å². The number of anilines is 1. The lowest BCUT2D eigenvalue weighted by molar-refractivity contribution is -0.274. The van der Waals surface area contributed by atoms with Gasteiger partial charge in [-0.05, 0) is 51.8 Å². The Morgan fingerprint density at radius 3 is 2.62 bits per heavy atom. The van der Waals surface area contributed by atoms with E-state index in [2.05, 4.69) is 26.0 Å². The van der Waals surface area contributed by atoms with Gasteiger partial charge >= 0.3 is 6.36 Å². The minimum absolute atomic E-state index is 0.244. The molecule has 2 aromatic carbocycles. The molecular weight excluding hydrogens is 371 g/mol. The molecule has 0 spiro atoms. The highest BCUT2D eigenvalue weighted by Gasteiger charge is 2.31. The van der Waals surface area contributed by atoms with Crippen molar-refractivity contribution in [3.63, 3.8) is 0 Å². The number of nitrogens with one attached hydrogen (secondary N) is 1. The topological polar surface area (TPSA) is 21.3 Å². The van der Waals surface area contributed by atoms with Gasteiger partial charge in [0.1, 0.15) is 5.75 Å². The summed E-state index contributed by atoms with van der Waals surface area (Å²) in [5, 5.41) is 3.66. The van der Waals surface area contributed by atoms with Gasteiger partial charge in [-0.1, -0.05) is 23.7 Å². The van der Waals surface area contributed by atoms with Crippen LogP contribution in [0.3, 0.4) is 0 Å². The van der Waals surface area contributed by atoms with E-state index in [1.54, 1.807) is 24.3 Å². The molecule has 1 N–H and O–H groups in total. The highest BCUT2D eigenvalue weighted by molar-refractivity contribution is 9.10. The molecule has 0 heterocycles. The Morgan fingerprint density at radius 1 is 1.14 bits per heavy atom. The van der Waals surface area contributed by atoms with Crippen molar-refractivity contribution in [1.82, 2.24) is 0 Å². The summed E-state index contributed by atoms with van der Waals surface area (Å²) in [7, 11) is 0. The van der Waals surface area contributed by atoms with Crippen molar-refractivity contribution < 1.29 is 17.9 Å². The lowest BCUT2D eigenvalue weighted by Crippen LogP contribution is -2.17. The van der Waals surface area contributed by atoms with Crippen LogP contribution in [-0.4, -0.2) is 6.36 Å². The average Bonchev–Trinajstić information content (AvgIpc) is 2.38. The van der Waals surface area contributed by atoms with Gasteiger partial charge in [-0.25, -0.2) is 0 Å². The second kappa shape index (κ2) is 6.58. The monoisotopic (exact) mass is 379 g/mol. The Labute approximate surface area is 133 Å². The molecule has 2 rings (SSSR count). The van der Waals surface area contributed by atoms with E-state index in [1.807, 2.05) is 0 Å². The summed E-state index contributed by atoms with van der Waals surface area (Å²) in [6, 6.07) is 11.0. The standard InChI is InChI=1S/C14H10BrClF3NO/c15-12-5-4-10(16)7-13(12)20-8-9-2-1-3-11(6-9)21-14(17,18)19/h1-7,20H,8H2. The molecule has 7 heteroatoms. The van der Waals surface area contributed by atoms with E-state index in [0.717, 1.165) is 10.2 Å². The summed E-state index contributed by atoms with van der Waals surface area (Å²) in [6.45, 7) is 0.341. The van der Waals surface area contributed by atoms with Gasteiger partial charge in [0.2, 0.25) is 0 Å². The number of rotatable bonds is 4. The molecule has 2 nitrogen and oxygen atoms in total. The van der Waals surface area contributed by atoms with Crippen LogP contribution >= 0.6 is 27.5 Å². The summed E-state index contributed by atoms with van der Waals surface area (Å²) < 4.78 is 41.2. The van der Waals surface area contributed by atoms with E-state index in [4.69, 9.17) is 11.6 Å². The first-order valence-electron chi connectivity index (χ1n) is 5.87. The van der Waals surface area contributed by atoms with Gasteiger partial charge < -0.3 is 10.1 Å². The first-order valence-corrected chi connectivity index (χ1v) is 7.04. The van der Waals surface area contributed by atoms with Crippen LogP contribution in [0.15, 0.2) is 46.9 Å². The zero-order chi connectivity index (χ0) is 15.5. The normalized spacial score (nSPS) is 11.3. The average molecular weight is 381 g/mol. The van der Waals surface area contributed by atoms with Gasteiger partial charge in [0.15, 0.2) is 0 Å². The quantitative estimate of drug-likeness (QED) is 0.744. The molecule has 0 aliphatic rings. The van der Waals surface area contributed by atoms with Gasteiger partial charge in [-0.2, -0.15) is 0 Å². The molecule has 0 bridgehead atoms. The summed E-state index contributed by atoms with van der Waals surface area (Å²) in [5.41, 5.74) is 1.41. The van der Waals surface area contributed by atoms with E-state index >= 15 is 0 Å². The van der Waals surface area contributed by atoms with Crippen molar-refractivity contribution in [3.8, 4) is 5.75 Å². The summed E-state index contributed by atoms with van der Waals surface area (Å²) in [6.07, 6.45) is -4.69. The lowest BCUT2D eigenvalue weighted by Gasteiger charge is -2.12. The fourth-order valence-corrected chi connectivity index (χ4v) is 2.24. The molecule has 2 aromatic rings. The van der Waals surface area contributed by atoms with Gasteiger partial charge in [0.25, 0.3) is 0 Å². The molecule has 0 fully saturated rings. The molecule has 112 valence electrons. The van der Waals surface area contributed by atoms with Crippen molar-refractivity contribution in [1.29, 1.82) is 0 Å². The SMILES string of the molecule is FC(F)(F)Oc1cccc(CNc2cc(Cl)ccc2Br)c1. The smallest absolute Gasteiger partial charge is 0.406 e. The predicted molar refractivity (Wildman–Crippen MR) is 79.6 cm³/mol. The van der Waals surface area contributed by atoms with Crippen LogP contribution in [0.5, 0.6) is 5.75 Å². The molecule has 21 heavy (non-hydrogen) atoms. The number of halogens is 5. The molecule has 0 saturated heterocycles. The molecule has 0 amide bonds. The van der Waals surface area contributed by atoms with Crippen molar-refractivity contribution >= 4 is 33.2 Å². The van der Waals surface area contributed by atoms with Crippen molar-refractivity contribution in [2.45, 2.75) is 12.9 Å². The second-order valence-corrected chi connectivity index (χ2v) is 5.46. The molecule has 0 radical (unpaired) electrons. The van der Waals surface area contributed by atoms with Gasteiger partial charge in [0, 0.05) is 16.0 Å². The largest absolute Gasteiger partial charge is 0.573 e. The minimum Gasteiger partial charge on any atom is -0.406 e. The third kappa shape index (κ3) is 5.13. The highest BCUT2D eigenvalue weighted by Crippen LogP contribution is 2.27. The molecule has 0 unspecified atom stereocenters. The van der Waals surface area contributed by atoms with Crippen molar-refractivity contribution in [3.05, 3.63) is 57.5 Å². The van der Waals surface area contributed by atoms with E-state index < -0.39 is 6.36 Å². The van der Waals surface area contributed by atoms with Crippen LogP contribution in [-0.2, 0) is 6.54 Å². The molecule has 0 saturated carbocycles. The van der Waals surface area contributed by atoms with Crippen molar-refractivity contribution in [2.75, 3.05) is 5.32 Å². The maximum atomic E-state index is 12.2. The van der Waals surface area contributed by atoms with E-state index in [-0.39, 0.29) is 5.75 Å². The zero-order valence-electron chi connectivity index (χ0n) is 10.5. The van der Waals surface area contributed by atoms with Gasteiger partial charge in [0.05, 0.1) is 5.69 Å². The third-order valence-electron chi connectivity index (χ3n) is 2.54. The highest BCUT2D eigenvalue weighted by atomic mass is 79.9. The Bertz CT molecular complexity index is 634. The van der Waals surface area contributed by atoms with E-state index in [1.165, 1.54) is 18.2 Å².